The minimum atomic E-state index is -0.683. The fourth-order valence-electron chi connectivity index (χ4n) is 1.92. The van der Waals surface area contributed by atoms with Gasteiger partial charge >= 0.3 is 0 Å². The first-order chi connectivity index (χ1) is 6.98. The van der Waals surface area contributed by atoms with Gasteiger partial charge in [0.25, 0.3) is 0 Å². The van der Waals surface area contributed by atoms with E-state index >= 15 is 0 Å². The lowest BCUT2D eigenvalue weighted by atomic mass is 9.84. The summed E-state index contributed by atoms with van der Waals surface area (Å²) in [6.07, 6.45) is 1.56. The van der Waals surface area contributed by atoms with Gasteiger partial charge in [0.05, 0.1) is 5.60 Å². The zero-order chi connectivity index (χ0) is 11.5. The molecule has 0 amide bonds. The van der Waals surface area contributed by atoms with Gasteiger partial charge < -0.3 is 5.11 Å². The summed E-state index contributed by atoms with van der Waals surface area (Å²) in [6.45, 7) is 6.31. The summed E-state index contributed by atoms with van der Waals surface area (Å²) in [5, 5.41) is 10.6. The molecule has 0 spiro atoms. The van der Waals surface area contributed by atoms with Crippen LogP contribution in [0.5, 0.6) is 0 Å². The van der Waals surface area contributed by atoms with Crippen molar-refractivity contribution < 1.29 is 5.11 Å². The zero-order valence-corrected chi connectivity index (χ0v) is 11.2. The van der Waals surface area contributed by atoms with Crippen molar-refractivity contribution in [3.63, 3.8) is 0 Å². The predicted octanol–water partition coefficient (Wildman–Crippen LogP) is 4.09. The van der Waals surface area contributed by atoms with Crippen LogP contribution in [0.15, 0.2) is 28.7 Å². The van der Waals surface area contributed by atoms with E-state index in [0.29, 0.717) is 5.92 Å². The lowest BCUT2D eigenvalue weighted by Crippen LogP contribution is -2.26. The Morgan fingerprint density at radius 3 is 2.53 bits per heavy atom. The van der Waals surface area contributed by atoms with Crippen LogP contribution in [0.3, 0.4) is 0 Å². The number of rotatable bonds is 4. The summed E-state index contributed by atoms with van der Waals surface area (Å²) in [4.78, 5) is 0. The molecule has 0 heterocycles. The summed E-state index contributed by atoms with van der Waals surface area (Å²) < 4.78 is 1.02. The molecule has 1 aromatic carbocycles. The molecule has 0 aliphatic carbocycles. The van der Waals surface area contributed by atoms with Gasteiger partial charge in [-0.1, -0.05) is 48.8 Å². The normalized spacial score (nSPS) is 15.3. The van der Waals surface area contributed by atoms with Crippen LogP contribution in [-0.2, 0) is 5.60 Å². The van der Waals surface area contributed by atoms with Gasteiger partial charge in [0, 0.05) is 4.47 Å². The first kappa shape index (κ1) is 12.7. The molecule has 0 aliphatic rings. The maximum atomic E-state index is 10.6. The average molecular weight is 271 g/mol. The van der Waals surface area contributed by atoms with E-state index in [1.165, 1.54) is 0 Å². The standard InChI is InChI=1S/C13H19BrO/c1-4-13(15,9-10(2)3)11-6-5-7-12(14)8-11/h5-8,10,15H,4,9H2,1-3H3. The molecule has 84 valence electrons. The smallest absolute Gasteiger partial charge is 0.0896 e. The largest absolute Gasteiger partial charge is 0.385 e. The van der Waals surface area contributed by atoms with E-state index in [2.05, 4.69) is 29.8 Å². The summed E-state index contributed by atoms with van der Waals surface area (Å²) in [5.41, 5.74) is 0.325. The van der Waals surface area contributed by atoms with Crippen LogP contribution in [-0.4, -0.2) is 5.11 Å². The molecule has 1 rings (SSSR count). The van der Waals surface area contributed by atoms with Crippen molar-refractivity contribution in [2.24, 2.45) is 5.92 Å². The van der Waals surface area contributed by atoms with Crippen molar-refractivity contribution in [2.45, 2.75) is 39.2 Å². The summed E-state index contributed by atoms with van der Waals surface area (Å²) in [7, 11) is 0. The van der Waals surface area contributed by atoms with Crippen LogP contribution in [0.2, 0.25) is 0 Å². The van der Waals surface area contributed by atoms with Gasteiger partial charge in [-0.2, -0.15) is 0 Å². The molecule has 1 aromatic rings. The fraction of sp³-hybridized carbons (Fsp3) is 0.538. The van der Waals surface area contributed by atoms with E-state index < -0.39 is 5.60 Å². The van der Waals surface area contributed by atoms with Crippen LogP contribution in [0.1, 0.15) is 39.2 Å². The Morgan fingerprint density at radius 2 is 2.07 bits per heavy atom. The molecule has 0 fully saturated rings. The number of halogens is 1. The predicted molar refractivity (Wildman–Crippen MR) is 67.8 cm³/mol. The van der Waals surface area contributed by atoms with Crippen LogP contribution >= 0.6 is 15.9 Å². The van der Waals surface area contributed by atoms with Gasteiger partial charge in [-0.25, -0.2) is 0 Å². The number of aliphatic hydroxyl groups is 1. The Kier molecular flexibility index (Phi) is 4.35. The molecular formula is C13H19BrO. The molecule has 1 unspecified atom stereocenters. The Morgan fingerprint density at radius 1 is 1.40 bits per heavy atom. The molecule has 1 N–H and O–H groups in total. The lowest BCUT2D eigenvalue weighted by molar-refractivity contribution is 0.0113. The zero-order valence-electron chi connectivity index (χ0n) is 9.63. The van der Waals surface area contributed by atoms with Crippen LogP contribution in [0, 0.1) is 5.92 Å². The van der Waals surface area contributed by atoms with E-state index in [1.54, 1.807) is 0 Å². The molecule has 0 aliphatic heterocycles. The molecule has 2 heteroatoms. The topological polar surface area (TPSA) is 20.2 Å². The molecule has 0 saturated carbocycles. The first-order valence-corrected chi connectivity index (χ1v) is 6.25. The quantitative estimate of drug-likeness (QED) is 0.874. The number of hydrogen-bond acceptors (Lipinski definition) is 1. The maximum Gasteiger partial charge on any atom is 0.0896 e. The van der Waals surface area contributed by atoms with Gasteiger partial charge in [0.15, 0.2) is 0 Å². The Hall–Kier alpha value is -0.340. The summed E-state index contributed by atoms with van der Waals surface area (Å²) in [6, 6.07) is 7.96. The lowest BCUT2D eigenvalue weighted by Gasteiger charge is -2.29. The van der Waals surface area contributed by atoms with Gasteiger partial charge in [-0.15, -0.1) is 0 Å². The molecule has 0 radical (unpaired) electrons. The van der Waals surface area contributed by atoms with E-state index in [-0.39, 0.29) is 0 Å². The molecule has 0 aromatic heterocycles. The highest BCUT2D eigenvalue weighted by Crippen LogP contribution is 2.32. The molecule has 1 atom stereocenters. The van der Waals surface area contributed by atoms with Crippen molar-refractivity contribution in [2.75, 3.05) is 0 Å². The minimum Gasteiger partial charge on any atom is -0.385 e. The monoisotopic (exact) mass is 270 g/mol. The van der Waals surface area contributed by atoms with Gasteiger partial charge in [0.1, 0.15) is 0 Å². The highest BCUT2D eigenvalue weighted by atomic mass is 79.9. The first-order valence-electron chi connectivity index (χ1n) is 5.46. The van der Waals surface area contributed by atoms with E-state index in [0.717, 1.165) is 22.9 Å². The Balaban J connectivity index is 3.00. The SMILES string of the molecule is CCC(O)(CC(C)C)c1cccc(Br)c1. The number of benzene rings is 1. The van der Waals surface area contributed by atoms with E-state index in [9.17, 15) is 5.11 Å². The second-order valence-corrected chi connectivity index (χ2v) is 5.41. The van der Waals surface area contributed by atoms with E-state index in [1.807, 2.05) is 31.2 Å². The second-order valence-electron chi connectivity index (χ2n) is 4.49. The van der Waals surface area contributed by atoms with Gasteiger partial charge in [0.2, 0.25) is 0 Å². The van der Waals surface area contributed by atoms with Crippen molar-refractivity contribution in [1.82, 2.24) is 0 Å². The van der Waals surface area contributed by atoms with Crippen molar-refractivity contribution in [1.29, 1.82) is 0 Å². The summed E-state index contributed by atoms with van der Waals surface area (Å²) in [5.74, 6) is 0.494. The molecule has 15 heavy (non-hydrogen) atoms. The van der Waals surface area contributed by atoms with Gasteiger partial charge in [-0.3, -0.25) is 0 Å². The van der Waals surface area contributed by atoms with Crippen molar-refractivity contribution in [3.8, 4) is 0 Å². The van der Waals surface area contributed by atoms with Crippen LogP contribution in [0.4, 0.5) is 0 Å². The van der Waals surface area contributed by atoms with Gasteiger partial charge in [-0.05, 0) is 36.5 Å². The maximum absolute atomic E-state index is 10.6. The Bertz CT molecular complexity index is 322. The highest BCUT2D eigenvalue weighted by Gasteiger charge is 2.27. The molecule has 0 saturated heterocycles. The van der Waals surface area contributed by atoms with Crippen LogP contribution in [0.25, 0.3) is 0 Å². The summed E-state index contributed by atoms with van der Waals surface area (Å²) >= 11 is 3.44. The fourth-order valence-corrected chi connectivity index (χ4v) is 2.32. The highest BCUT2D eigenvalue weighted by molar-refractivity contribution is 9.10. The van der Waals surface area contributed by atoms with Crippen molar-refractivity contribution >= 4 is 15.9 Å². The van der Waals surface area contributed by atoms with Crippen molar-refractivity contribution in [3.05, 3.63) is 34.3 Å². The molecule has 1 nitrogen and oxygen atoms in total. The van der Waals surface area contributed by atoms with Crippen LogP contribution < -0.4 is 0 Å². The minimum absolute atomic E-state index is 0.494. The second kappa shape index (κ2) is 5.13. The third kappa shape index (κ3) is 3.32. The third-order valence-electron chi connectivity index (χ3n) is 2.69. The third-order valence-corrected chi connectivity index (χ3v) is 3.19. The average Bonchev–Trinajstić information content (AvgIpc) is 2.16. The number of hydrogen-bond donors (Lipinski definition) is 1. The Labute approximate surface area is 101 Å². The molecular weight excluding hydrogens is 252 g/mol. The van der Waals surface area contributed by atoms with E-state index in [4.69, 9.17) is 0 Å². The molecule has 0 bridgehead atoms.